The van der Waals surface area contributed by atoms with E-state index in [1.807, 2.05) is 0 Å². The van der Waals surface area contributed by atoms with Crippen molar-refractivity contribution in [3.8, 4) is 0 Å². The van der Waals surface area contributed by atoms with Crippen LogP contribution in [0.3, 0.4) is 0 Å². The third-order valence-corrected chi connectivity index (χ3v) is 8.28. The molecule has 0 aliphatic heterocycles. The van der Waals surface area contributed by atoms with E-state index in [0.717, 1.165) is 19.3 Å². The van der Waals surface area contributed by atoms with Gasteiger partial charge in [-0.1, -0.05) is 57.0 Å². The molecule has 3 heteroatoms. The second-order valence-corrected chi connectivity index (χ2v) is 10.1. The van der Waals surface area contributed by atoms with E-state index in [1.165, 1.54) is 28.6 Å². The molecule has 5 rings (SSSR count). The van der Waals surface area contributed by atoms with Crippen LogP contribution < -0.4 is 0 Å². The molecular formula is C25H31NO2. The van der Waals surface area contributed by atoms with Gasteiger partial charge in [0.05, 0.1) is 0 Å². The number of para-hydroxylation sites is 1. The van der Waals surface area contributed by atoms with Gasteiger partial charge < -0.3 is 9.72 Å². The summed E-state index contributed by atoms with van der Waals surface area (Å²) < 4.78 is 5.91. The van der Waals surface area contributed by atoms with Crippen molar-refractivity contribution in [2.45, 2.75) is 72.3 Å². The number of carbonyl (C=O) groups excluding carboxylic acids is 1. The van der Waals surface area contributed by atoms with E-state index in [2.05, 4.69) is 56.9 Å². The number of esters is 1. The number of benzene rings is 1. The van der Waals surface area contributed by atoms with Crippen molar-refractivity contribution in [3.05, 3.63) is 46.7 Å². The Labute approximate surface area is 167 Å². The van der Waals surface area contributed by atoms with Crippen molar-refractivity contribution in [1.29, 1.82) is 0 Å². The van der Waals surface area contributed by atoms with Gasteiger partial charge in [0.15, 0.2) is 0 Å². The monoisotopic (exact) mass is 377 g/mol. The smallest absolute Gasteiger partial charge is 0.302 e. The molecule has 2 aromatic rings. The van der Waals surface area contributed by atoms with E-state index in [1.54, 1.807) is 18.1 Å². The van der Waals surface area contributed by atoms with Crippen molar-refractivity contribution in [2.75, 3.05) is 0 Å². The number of allylic oxidation sites excluding steroid dienone is 1. The van der Waals surface area contributed by atoms with Gasteiger partial charge in [-0.25, -0.2) is 0 Å². The van der Waals surface area contributed by atoms with Gasteiger partial charge in [-0.15, -0.1) is 0 Å². The Balaban J connectivity index is 1.78. The van der Waals surface area contributed by atoms with Crippen LogP contribution in [0, 0.1) is 16.7 Å². The predicted molar refractivity (Wildman–Crippen MR) is 112 cm³/mol. The summed E-state index contributed by atoms with van der Waals surface area (Å²) in [6.07, 6.45) is 4.27. The Morgan fingerprint density at radius 2 is 1.96 bits per heavy atom. The largest absolute Gasteiger partial charge is 0.462 e. The van der Waals surface area contributed by atoms with Crippen LogP contribution in [0.15, 0.2) is 35.4 Å². The Hall–Kier alpha value is -2.03. The van der Waals surface area contributed by atoms with Crippen molar-refractivity contribution in [3.63, 3.8) is 0 Å². The van der Waals surface area contributed by atoms with Gasteiger partial charge in [-0.2, -0.15) is 0 Å². The molecule has 0 saturated heterocycles. The normalized spacial score (nSPS) is 33.4. The van der Waals surface area contributed by atoms with Crippen LogP contribution >= 0.6 is 0 Å². The lowest BCUT2D eigenvalue weighted by atomic mass is 9.49. The number of aromatic nitrogens is 1. The van der Waals surface area contributed by atoms with E-state index in [0.29, 0.717) is 11.8 Å². The second-order valence-electron chi connectivity index (χ2n) is 10.1. The summed E-state index contributed by atoms with van der Waals surface area (Å²) >= 11 is 0. The van der Waals surface area contributed by atoms with Crippen molar-refractivity contribution in [1.82, 2.24) is 4.98 Å². The van der Waals surface area contributed by atoms with Crippen LogP contribution in [0.25, 0.3) is 10.9 Å². The summed E-state index contributed by atoms with van der Waals surface area (Å²) in [7, 11) is 0. The van der Waals surface area contributed by atoms with Gasteiger partial charge in [0.1, 0.15) is 6.10 Å². The molecule has 3 aliphatic carbocycles. The van der Waals surface area contributed by atoms with Crippen molar-refractivity contribution < 1.29 is 9.53 Å². The molecule has 1 aromatic carbocycles. The number of rotatable bonds is 1. The van der Waals surface area contributed by atoms with Gasteiger partial charge >= 0.3 is 5.97 Å². The molecular weight excluding hydrogens is 346 g/mol. The molecule has 0 unspecified atom stereocenters. The molecule has 0 amide bonds. The van der Waals surface area contributed by atoms with E-state index in [9.17, 15) is 4.79 Å². The summed E-state index contributed by atoms with van der Waals surface area (Å²) in [6.45, 7) is 11.0. The first-order valence-corrected chi connectivity index (χ1v) is 10.7. The summed E-state index contributed by atoms with van der Waals surface area (Å²) in [6, 6.07) is 8.70. The summed E-state index contributed by atoms with van der Waals surface area (Å²) in [5.41, 5.74) is 7.39. The second kappa shape index (κ2) is 5.75. The number of hydrogen-bond acceptors (Lipinski definition) is 2. The lowest BCUT2D eigenvalue weighted by molar-refractivity contribution is -0.153. The molecule has 0 saturated carbocycles. The Bertz CT molecular complexity index is 1010. The highest BCUT2D eigenvalue weighted by Gasteiger charge is 2.55. The maximum atomic E-state index is 11.9. The van der Waals surface area contributed by atoms with Gasteiger partial charge in [-0.05, 0) is 48.6 Å². The molecule has 3 nitrogen and oxygen atoms in total. The van der Waals surface area contributed by atoms with Gasteiger partial charge in [-0.3, -0.25) is 4.79 Å². The SMILES string of the molecule is CC(=O)O[C@@H]1C[C@@H]2C3=C(CC[C@@H](C)[C@]3(C)Cc3c2[nH]c2ccccc32)C1(C)C. The Morgan fingerprint density at radius 1 is 1.21 bits per heavy atom. The molecule has 1 aromatic heterocycles. The quantitative estimate of drug-likeness (QED) is 0.496. The fraction of sp³-hybridized carbons (Fsp3) is 0.560. The fourth-order valence-corrected chi connectivity index (χ4v) is 6.53. The number of H-pyrrole nitrogens is 1. The molecule has 28 heavy (non-hydrogen) atoms. The molecule has 1 heterocycles. The zero-order valence-electron chi connectivity index (χ0n) is 17.7. The number of fused-ring (bicyclic) bond motifs is 4. The first-order chi connectivity index (χ1) is 13.2. The van der Waals surface area contributed by atoms with Crippen LogP contribution in [0.5, 0.6) is 0 Å². The van der Waals surface area contributed by atoms with E-state index < -0.39 is 0 Å². The lowest BCUT2D eigenvalue weighted by Crippen LogP contribution is -2.49. The van der Waals surface area contributed by atoms with E-state index in [4.69, 9.17) is 4.74 Å². The number of hydrogen-bond donors (Lipinski definition) is 1. The minimum atomic E-state index is -0.165. The third-order valence-electron chi connectivity index (χ3n) is 8.28. The number of ether oxygens (including phenoxy) is 1. The van der Waals surface area contributed by atoms with E-state index >= 15 is 0 Å². The molecule has 0 radical (unpaired) electrons. The van der Waals surface area contributed by atoms with Crippen LogP contribution in [-0.2, 0) is 16.0 Å². The minimum absolute atomic E-state index is 0.0660. The highest BCUT2D eigenvalue weighted by atomic mass is 16.5. The van der Waals surface area contributed by atoms with Gasteiger partial charge in [0.25, 0.3) is 0 Å². The maximum Gasteiger partial charge on any atom is 0.302 e. The number of nitrogens with one attached hydrogen (secondary N) is 1. The first kappa shape index (κ1) is 18.0. The van der Waals surface area contributed by atoms with Crippen LogP contribution in [0.4, 0.5) is 0 Å². The Morgan fingerprint density at radius 3 is 2.71 bits per heavy atom. The fourth-order valence-electron chi connectivity index (χ4n) is 6.53. The Kier molecular flexibility index (Phi) is 3.70. The molecule has 0 bridgehead atoms. The average Bonchev–Trinajstić information content (AvgIpc) is 2.99. The van der Waals surface area contributed by atoms with Gasteiger partial charge in [0.2, 0.25) is 0 Å². The molecule has 3 aliphatic rings. The highest BCUT2D eigenvalue weighted by Crippen LogP contribution is 2.63. The summed E-state index contributed by atoms with van der Waals surface area (Å²) in [5.74, 6) is 0.828. The number of aromatic amines is 1. The molecule has 0 fully saturated rings. The minimum Gasteiger partial charge on any atom is -0.462 e. The van der Waals surface area contributed by atoms with Crippen LogP contribution in [-0.4, -0.2) is 17.1 Å². The predicted octanol–water partition coefficient (Wildman–Crippen LogP) is 5.90. The van der Waals surface area contributed by atoms with E-state index in [-0.39, 0.29) is 22.9 Å². The third kappa shape index (κ3) is 2.25. The summed E-state index contributed by atoms with van der Waals surface area (Å²) in [5, 5.41) is 1.37. The first-order valence-electron chi connectivity index (χ1n) is 10.7. The van der Waals surface area contributed by atoms with Crippen LogP contribution in [0.2, 0.25) is 0 Å². The molecule has 4 atom stereocenters. The highest BCUT2D eigenvalue weighted by molar-refractivity contribution is 5.86. The average molecular weight is 378 g/mol. The number of carbonyl (C=O) groups is 1. The maximum absolute atomic E-state index is 11.9. The lowest BCUT2D eigenvalue weighted by Gasteiger charge is -2.56. The van der Waals surface area contributed by atoms with Crippen LogP contribution in [0.1, 0.15) is 71.1 Å². The van der Waals surface area contributed by atoms with Crippen molar-refractivity contribution >= 4 is 16.9 Å². The molecule has 1 N–H and O–H groups in total. The standard InChI is InChI=1S/C25H31NO2/c1-14-10-11-19-22-17(12-21(24(19,3)4)28-15(2)27)23-18(13-25(14,22)5)16-8-6-7-9-20(16)26-23/h6-9,14,17,21,26H,10-13H2,1-5H3/t14-,17-,21-,25+/m1/s1. The zero-order valence-corrected chi connectivity index (χ0v) is 17.7. The van der Waals surface area contributed by atoms with Gasteiger partial charge in [0, 0.05) is 34.9 Å². The topological polar surface area (TPSA) is 42.1 Å². The molecule has 0 spiro atoms. The summed E-state index contributed by atoms with van der Waals surface area (Å²) in [4.78, 5) is 15.7. The van der Waals surface area contributed by atoms with Crippen molar-refractivity contribution in [2.24, 2.45) is 16.7 Å². The zero-order chi connectivity index (χ0) is 19.8. The molecule has 148 valence electrons.